The fourth-order valence-electron chi connectivity index (χ4n) is 3.68. The zero-order valence-corrected chi connectivity index (χ0v) is 20.1. The Morgan fingerprint density at radius 1 is 0.935 bits per heavy atom. The third-order valence-electron chi connectivity index (χ3n) is 5.22. The summed E-state index contributed by atoms with van der Waals surface area (Å²) in [5.74, 6) is -0.226. The van der Waals surface area contributed by atoms with Crippen LogP contribution in [0.15, 0.2) is 77.7 Å². The van der Waals surface area contributed by atoms with E-state index in [1.807, 2.05) is 43.8 Å². The van der Waals surface area contributed by atoms with Crippen LogP contribution in [0.25, 0.3) is 10.8 Å². The Bertz CT molecular complexity index is 958. The quantitative estimate of drug-likeness (QED) is 0.135. The van der Waals surface area contributed by atoms with Crippen LogP contribution in [0.5, 0.6) is 0 Å². The van der Waals surface area contributed by atoms with Crippen molar-refractivity contribution in [1.29, 1.82) is 0 Å². The molecule has 0 N–H and O–H groups in total. The number of thioether (sulfide) groups is 1. The second kappa shape index (κ2) is 12.2. The van der Waals surface area contributed by atoms with E-state index in [2.05, 4.69) is 54.6 Å². The van der Waals surface area contributed by atoms with E-state index in [0.717, 1.165) is 11.9 Å². The molecule has 0 fully saturated rings. The second-order valence-electron chi connectivity index (χ2n) is 7.33. The number of carbonyl (C=O) groups excluding carboxylic acids is 1. The first kappa shape index (κ1) is 23.8. The van der Waals surface area contributed by atoms with Crippen molar-refractivity contribution in [3.8, 4) is 0 Å². The normalized spacial score (nSPS) is 13.5. The van der Waals surface area contributed by atoms with Crippen LogP contribution in [0.2, 0.25) is 0 Å². The van der Waals surface area contributed by atoms with Gasteiger partial charge in [-0.15, -0.1) is 20.3 Å². The Morgan fingerprint density at radius 3 is 2.45 bits per heavy atom. The van der Waals surface area contributed by atoms with Gasteiger partial charge in [-0.2, -0.15) is 0 Å². The second-order valence-corrected chi connectivity index (χ2v) is 10.1. The molecule has 0 aliphatic carbocycles. The minimum absolute atomic E-state index is 0.226. The summed E-state index contributed by atoms with van der Waals surface area (Å²) in [5, 5.41) is 2.54. The summed E-state index contributed by atoms with van der Waals surface area (Å²) in [7, 11) is 0.592. The standard InChI is InChI=1S/C26H31O3PS/c1-3-28-25(27)26(29-4-2,18-17-21-11-6-5-7-12-21)19-30-20-31-24-16-10-14-22-13-8-9-15-23(22)24/h5-16,30H,3-4,17-20H2,1-2H3. The smallest absolute Gasteiger partial charge is 0.338 e. The first-order chi connectivity index (χ1) is 15.2. The minimum Gasteiger partial charge on any atom is -0.464 e. The number of rotatable bonds is 12. The molecule has 0 aliphatic heterocycles. The predicted molar refractivity (Wildman–Crippen MR) is 134 cm³/mol. The molecule has 0 heterocycles. The molecule has 0 bridgehead atoms. The van der Waals surface area contributed by atoms with Crippen LogP contribution >= 0.6 is 20.3 Å². The third kappa shape index (κ3) is 6.55. The number of ether oxygens (including phenoxy) is 2. The van der Waals surface area contributed by atoms with Crippen LogP contribution in [-0.2, 0) is 20.7 Å². The summed E-state index contributed by atoms with van der Waals surface area (Å²) in [4.78, 5) is 14.3. The molecule has 0 aromatic heterocycles. The molecule has 0 radical (unpaired) electrons. The molecule has 0 saturated heterocycles. The molecule has 2 unspecified atom stereocenters. The summed E-state index contributed by atoms with van der Waals surface area (Å²) >= 11 is 1.85. The highest BCUT2D eigenvalue weighted by molar-refractivity contribution is 8.03. The van der Waals surface area contributed by atoms with Crippen molar-refractivity contribution in [2.24, 2.45) is 0 Å². The topological polar surface area (TPSA) is 35.5 Å². The highest BCUT2D eigenvalue weighted by atomic mass is 32.2. The number of esters is 1. The van der Waals surface area contributed by atoms with E-state index in [4.69, 9.17) is 9.47 Å². The van der Waals surface area contributed by atoms with Gasteiger partial charge in [-0.25, -0.2) is 4.79 Å². The molecule has 3 rings (SSSR count). The lowest BCUT2D eigenvalue weighted by Crippen LogP contribution is -2.46. The summed E-state index contributed by atoms with van der Waals surface area (Å²) < 4.78 is 11.6. The van der Waals surface area contributed by atoms with E-state index in [1.165, 1.54) is 21.2 Å². The van der Waals surface area contributed by atoms with Crippen LogP contribution in [-0.4, -0.2) is 36.4 Å². The Labute approximate surface area is 191 Å². The van der Waals surface area contributed by atoms with Gasteiger partial charge in [0.25, 0.3) is 0 Å². The van der Waals surface area contributed by atoms with Gasteiger partial charge < -0.3 is 9.47 Å². The lowest BCUT2D eigenvalue weighted by atomic mass is 9.96. The predicted octanol–water partition coefficient (Wildman–Crippen LogP) is 6.54. The SMILES string of the molecule is CCOC(=O)C(CCc1ccccc1)(CPCSc1cccc2ccccc12)OCC. The summed E-state index contributed by atoms with van der Waals surface area (Å²) in [6.45, 7) is 4.66. The Hall–Kier alpha value is -1.87. The van der Waals surface area contributed by atoms with Gasteiger partial charge in [-0.3, -0.25) is 0 Å². The minimum atomic E-state index is -0.877. The third-order valence-corrected chi connectivity index (χ3v) is 8.10. The first-order valence-electron chi connectivity index (χ1n) is 10.8. The average molecular weight is 455 g/mol. The summed E-state index contributed by atoms with van der Waals surface area (Å²) in [5.41, 5.74) is 1.29. The van der Waals surface area contributed by atoms with Crippen molar-refractivity contribution in [1.82, 2.24) is 0 Å². The van der Waals surface area contributed by atoms with Gasteiger partial charge in [0.1, 0.15) is 0 Å². The highest BCUT2D eigenvalue weighted by Gasteiger charge is 2.40. The van der Waals surface area contributed by atoms with Crippen molar-refractivity contribution in [2.75, 3.05) is 24.9 Å². The molecular formula is C26H31O3PS. The van der Waals surface area contributed by atoms with E-state index in [1.54, 1.807) is 0 Å². The monoisotopic (exact) mass is 454 g/mol. The fraction of sp³-hybridized carbons (Fsp3) is 0.346. The molecule has 3 aromatic rings. The molecule has 0 saturated carbocycles. The van der Waals surface area contributed by atoms with Gasteiger partial charge in [0, 0.05) is 23.2 Å². The maximum absolute atomic E-state index is 13.0. The molecule has 0 spiro atoms. The maximum Gasteiger partial charge on any atom is 0.338 e. The largest absolute Gasteiger partial charge is 0.464 e. The number of hydrogen-bond donors (Lipinski definition) is 0. The number of carbonyl (C=O) groups is 1. The molecule has 164 valence electrons. The molecule has 3 aromatic carbocycles. The number of fused-ring (bicyclic) bond motifs is 1. The van der Waals surface area contributed by atoms with Crippen molar-refractivity contribution < 1.29 is 14.3 Å². The van der Waals surface area contributed by atoms with Crippen LogP contribution in [0, 0.1) is 0 Å². The van der Waals surface area contributed by atoms with Crippen molar-refractivity contribution in [3.05, 3.63) is 78.4 Å². The van der Waals surface area contributed by atoms with Gasteiger partial charge in [0.2, 0.25) is 0 Å². The fourth-order valence-corrected chi connectivity index (χ4v) is 6.46. The number of hydrogen-bond acceptors (Lipinski definition) is 4. The lowest BCUT2D eigenvalue weighted by molar-refractivity contribution is -0.169. The average Bonchev–Trinajstić information content (AvgIpc) is 2.81. The van der Waals surface area contributed by atoms with Gasteiger partial charge in [0.15, 0.2) is 5.60 Å². The van der Waals surface area contributed by atoms with E-state index in [0.29, 0.717) is 34.4 Å². The van der Waals surface area contributed by atoms with Crippen LogP contribution < -0.4 is 0 Å². The molecule has 0 aliphatic rings. The first-order valence-corrected chi connectivity index (χ1v) is 13.2. The van der Waals surface area contributed by atoms with Crippen LogP contribution in [0.3, 0.4) is 0 Å². The van der Waals surface area contributed by atoms with Crippen molar-refractivity contribution in [3.63, 3.8) is 0 Å². The number of benzene rings is 3. The molecular weight excluding hydrogens is 423 g/mol. The summed E-state index contributed by atoms with van der Waals surface area (Å²) in [6, 6.07) is 25.2. The van der Waals surface area contributed by atoms with E-state index < -0.39 is 5.60 Å². The van der Waals surface area contributed by atoms with Crippen LogP contribution in [0.4, 0.5) is 0 Å². The lowest BCUT2D eigenvalue weighted by Gasteiger charge is -2.31. The van der Waals surface area contributed by atoms with Gasteiger partial charge >= 0.3 is 5.97 Å². The van der Waals surface area contributed by atoms with Crippen molar-refractivity contribution in [2.45, 2.75) is 37.2 Å². The van der Waals surface area contributed by atoms with E-state index in [-0.39, 0.29) is 5.97 Å². The Balaban J connectivity index is 1.67. The highest BCUT2D eigenvalue weighted by Crippen LogP contribution is 2.35. The molecule has 31 heavy (non-hydrogen) atoms. The molecule has 3 nitrogen and oxygen atoms in total. The summed E-state index contributed by atoms with van der Waals surface area (Å²) in [6.07, 6.45) is 2.11. The maximum atomic E-state index is 13.0. The molecule has 5 heteroatoms. The van der Waals surface area contributed by atoms with Gasteiger partial charge in [-0.05, 0) is 49.1 Å². The van der Waals surface area contributed by atoms with Crippen LogP contribution in [0.1, 0.15) is 25.8 Å². The zero-order chi connectivity index (χ0) is 21.9. The van der Waals surface area contributed by atoms with Gasteiger partial charge in [0.05, 0.1) is 6.61 Å². The van der Waals surface area contributed by atoms with E-state index in [9.17, 15) is 4.79 Å². The Kier molecular flexibility index (Phi) is 9.39. The zero-order valence-electron chi connectivity index (χ0n) is 18.3. The molecule has 0 amide bonds. The number of aryl methyl sites for hydroxylation is 1. The van der Waals surface area contributed by atoms with E-state index >= 15 is 0 Å². The van der Waals surface area contributed by atoms with Crippen molar-refractivity contribution >= 4 is 37.1 Å². The molecule has 2 atom stereocenters. The van der Waals surface area contributed by atoms with Gasteiger partial charge in [-0.1, -0.05) is 66.7 Å². The Morgan fingerprint density at radius 2 is 1.68 bits per heavy atom.